The minimum atomic E-state index is 1.19. The maximum atomic E-state index is 2.20. The molecule has 0 rings (SSSR count). The van der Waals surface area contributed by atoms with Crippen LogP contribution in [0.5, 0.6) is 0 Å². The van der Waals surface area contributed by atoms with Gasteiger partial charge < -0.3 is 0 Å². The second kappa shape index (κ2) is 5.61. The summed E-state index contributed by atoms with van der Waals surface area (Å²) in [7, 11) is 0. The first kappa shape index (κ1) is 8.48. The van der Waals surface area contributed by atoms with E-state index in [1.54, 1.807) is 0 Å². The molecule has 0 bridgehead atoms. The molecular weight excluding hydrogens is 108 g/mol. The van der Waals surface area contributed by atoms with Crippen molar-refractivity contribution in [1.82, 2.24) is 0 Å². The van der Waals surface area contributed by atoms with Gasteiger partial charge in [-0.3, -0.25) is 0 Å². The molecule has 0 N–H and O–H groups in total. The predicted molar refractivity (Wildman–Crippen MR) is 43.5 cm³/mol. The summed E-state index contributed by atoms with van der Waals surface area (Å²) in [5.74, 6) is 0. The van der Waals surface area contributed by atoms with Crippen molar-refractivity contribution in [2.45, 2.75) is 33.6 Å². The van der Waals surface area contributed by atoms with E-state index in [1.165, 1.54) is 18.4 Å². The van der Waals surface area contributed by atoms with Crippen LogP contribution in [0.3, 0.4) is 0 Å². The third-order valence-corrected chi connectivity index (χ3v) is 1.43. The fourth-order valence-electron chi connectivity index (χ4n) is 0.622. The maximum Gasteiger partial charge on any atom is -0.0288 e. The summed E-state index contributed by atoms with van der Waals surface area (Å²) in [5.41, 5.74) is 1.48. The highest BCUT2D eigenvalue weighted by Gasteiger charge is 1.82. The molecule has 0 spiro atoms. The Balaban J connectivity index is 3.28. The summed E-state index contributed by atoms with van der Waals surface area (Å²) in [6.45, 7) is 6.32. The minimum absolute atomic E-state index is 1.19. The van der Waals surface area contributed by atoms with Crippen LogP contribution in [0.4, 0.5) is 0 Å². The standard InChI is InChI=1S/C9H16/c1-4-6-7-8-9(3)5-2/h4-6H,7-8H2,1-3H3/b6-4+,9-5-. The van der Waals surface area contributed by atoms with Crippen molar-refractivity contribution in [2.24, 2.45) is 0 Å². The summed E-state index contributed by atoms with van der Waals surface area (Å²) in [4.78, 5) is 0. The van der Waals surface area contributed by atoms with E-state index in [1.807, 2.05) is 0 Å². The van der Waals surface area contributed by atoms with Gasteiger partial charge in [-0.2, -0.15) is 0 Å². The average molecular weight is 124 g/mol. The minimum Gasteiger partial charge on any atom is -0.0917 e. The molecule has 0 saturated heterocycles. The average Bonchev–Trinajstić information content (AvgIpc) is 1.89. The van der Waals surface area contributed by atoms with E-state index in [0.29, 0.717) is 0 Å². The van der Waals surface area contributed by atoms with E-state index in [4.69, 9.17) is 0 Å². The van der Waals surface area contributed by atoms with Crippen LogP contribution in [-0.4, -0.2) is 0 Å². The SMILES string of the molecule is C/C=C(/C)CC/C=C/C. The van der Waals surface area contributed by atoms with Gasteiger partial charge in [-0.25, -0.2) is 0 Å². The Morgan fingerprint density at radius 2 is 2.00 bits per heavy atom. The molecule has 0 aromatic rings. The highest BCUT2D eigenvalue weighted by Crippen LogP contribution is 2.02. The van der Waals surface area contributed by atoms with Gasteiger partial charge in [-0.15, -0.1) is 0 Å². The smallest absolute Gasteiger partial charge is 0.0288 e. The first-order chi connectivity index (χ1) is 4.31. The lowest BCUT2D eigenvalue weighted by atomic mass is 10.1. The summed E-state index contributed by atoms with van der Waals surface area (Å²) >= 11 is 0. The van der Waals surface area contributed by atoms with Crippen molar-refractivity contribution in [3.05, 3.63) is 23.8 Å². The second-order valence-corrected chi connectivity index (χ2v) is 2.24. The van der Waals surface area contributed by atoms with Crippen molar-refractivity contribution >= 4 is 0 Å². The van der Waals surface area contributed by atoms with Crippen LogP contribution >= 0.6 is 0 Å². The lowest BCUT2D eigenvalue weighted by molar-refractivity contribution is 0.972. The summed E-state index contributed by atoms with van der Waals surface area (Å²) in [6, 6.07) is 0. The Hall–Kier alpha value is -0.520. The van der Waals surface area contributed by atoms with Gasteiger partial charge in [0.25, 0.3) is 0 Å². The van der Waals surface area contributed by atoms with Gasteiger partial charge in [-0.1, -0.05) is 23.8 Å². The van der Waals surface area contributed by atoms with E-state index in [-0.39, 0.29) is 0 Å². The molecule has 0 atom stereocenters. The molecular formula is C9H16. The van der Waals surface area contributed by atoms with Gasteiger partial charge in [-0.05, 0) is 33.6 Å². The normalized spacial score (nSPS) is 13.0. The third-order valence-electron chi connectivity index (χ3n) is 1.43. The molecule has 0 nitrogen and oxygen atoms in total. The predicted octanol–water partition coefficient (Wildman–Crippen LogP) is 3.31. The highest BCUT2D eigenvalue weighted by molar-refractivity contribution is 4.97. The van der Waals surface area contributed by atoms with Crippen molar-refractivity contribution in [3.8, 4) is 0 Å². The number of hydrogen-bond acceptors (Lipinski definition) is 0. The summed E-state index contributed by atoms with van der Waals surface area (Å²) in [6.07, 6.45) is 8.87. The van der Waals surface area contributed by atoms with Gasteiger partial charge >= 0.3 is 0 Å². The van der Waals surface area contributed by atoms with E-state index in [0.717, 1.165) is 0 Å². The molecule has 0 saturated carbocycles. The molecule has 0 fully saturated rings. The Morgan fingerprint density at radius 1 is 1.33 bits per heavy atom. The molecule has 9 heavy (non-hydrogen) atoms. The van der Waals surface area contributed by atoms with Crippen LogP contribution in [-0.2, 0) is 0 Å². The zero-order chi connectivity index (χ0) is 7.11. The maximum absolute atomic E-state index is 2.20. The quantitative estimate of drug-likeness (QED) is 0.506. The van der Waals surface area contributed by atoms with Gasteiger partial charge in [0.1, 0.15) is 0 Å². The van der Waals surface area contributed by atoms with E-state index in [2.05, 4.69) is 39.0 Å². The largest absolute Gasteiger partial charge is 0.0917 e. The zero-order valence-electron chi connectivity index (χ0n) is 6.65. The Morgan fingerprint density at radius 3 is 2.44 bits per heavy atom. The van der Waals surface area contributed by atoms with Crippen LogP contribution in [0, 0.1) is 0 Å². The first-order valence-electron chi connectivity index (χ1n) is 3.54. The van der Waals surface area contributed by atoms with Gasteiger partial charge in [0.05, 0.1) is 0 Å². The number of hydrogen-bond donors (Lipinski definition) is 0. The van der Waals surface area contributed by atoms with Crippen LogP contribution < -0.4 is 0 Å². The van der Waals surface area contributed by atoms with Crippen molar-refractivity contribution in [1.29, 1.82) is 0 Å². The van der Waals surface area contributed by atoms with Crippen molar-refractivity contribution in [2.75, 3.05) is 0 Å². The molecule has 0 radical (unpaired) electrons. The molecule has 0 heteroatoms. The van der Waals surface area contributed by atoms with Gasteiger partial charge in [0, 0.05) is 0 Å². The Kier molecular flexibility index (Phi) is 5.29. The lowest BCUT2D eigenvalue weighted by Gasteiger charge is -1.93. The molecule has 0 aromatic carbocycles. The van der Waals surface area contributed by atoms with Crippen LogP contribution in [0.2, 0.25) is 0 Å². The number of allylic oxidation sites excluding steroid dienone is 4. The second-order valence-electron chi connectivity index (χ2n) is 2.24. The summed E-state index contributed by atoms with van der Waals surface area (Å²) < 4.78 is 0. The molecule has 0 aliphatic carbocycles. The molecule has 0 aliphatic rings. The lowest BCUT2D eigenvalue weighted by Crippen LogP contribution is -1.72. The molecule has 0 unspecified atom stereocenters. The third kappa shape index (κ3) is 5.35. The summed E-state index contributed by atoms with van der Waals surface area (Å²) in [5, 5.41) is 0. The van der Waals surface area contributed by atoms with Gasteiger partial charge in [0.15, 0.2) is 0 Å². The molecule has 0 aromatic heterocycles. The fourth-order valence-corrected chi connectivity index (χ4v) is 0.622. The number of rotatable bonds is 3. The zero-order valence-corrected chi connectivity index (χ0v) is 6.65. The molecule has 0 heterocycles. The highest BCUT2D eigenvalue weighted by atomic mass is 13.9. The Labute approximate surface area is 58.3 Å². The van der Waals surface area contributed by atoms with E-state index < -0.39 is 0 Å². The van der Waals surface area contributed by atoms with Crippen LogP contribution in [0.15, 0.2) is 23.8 Å². The first-order valence-corrected chi connectivity index (χ1v) is 3.54. The Bertz CT molecular complexity index is 107. The molecule has 0 amide bonds. The molecule has 0 aliphatic heterocycles. The fraction of sp³-hybridized carbons (Fsp3) is 0.556. The van der Waals surface area contributed by atoms with Crippen molar-refractivity contribution < 1.29 is 0 Å². The van der Waals surface area contributed by atoms with Crippen LogP contribution in [0.25, 0.3) is 0 Å². The topological polar surface area (TPSA) is 0 Å². The van der Waals surface area contributed by atoms with E-state index in [9.17, 15) is 0 Å². The van der Waals surface area contributed by atoms with Gasteiger partial charge in [0.2, 0.25) is 0 Å². The van der Waals surface area contributed by atoms with Crippen molar-refractivity contribution in [3.63, 3.8) is 0 Å². The monoisotopic (exact) mass is 124 g/mol. The molecule has 52 valence electrons. The van der Waals surface area contributed by atoms with Crippen LogP contribution in [0.1, 0.15) is 33.6 Å². The van der Waals surface area contributed by atoms with E-state index >= 15 is 0 Å².